The smallest absolute Gasteiger partial charge is 0.308 e. The number of hydrogen-bond donors (Lipinski definition) is 3. The van der Waals surface area contributed by atoms with E-state index in [2.05, 4.69) is 0 Å². The Kier molecular flexibility index (Phi) is 11.7. The van der Waals surface area contributed by atoms with Gasteiger partial charge in [-0.25, -0.2) is 0 Å². The van der Waals surface area contributed by atoms with E-state index in [4.69, 9.17) is 18.9 Å². The van der Waals surface area contributed by atoms with Gasteiger partial charge in [-0.1, -0.05) is 38.5 Å². The highest BCUT2D eigenvalue weighted by molar-refractivity contribution is 5.91. The number of ether oxygens (including phenoxy) is 4. The van der Waals surface area contributed by atoms with E-state index in [9.17, 15) is 24.9 Å². The van der Waals surface area contributed by atoms with Gasteiger partial charge < -0.3 is 34.3 Å². The van der Waals surface area contributed by atoms with E-state index in [1.165, 1.54) is 20.1 Å². The zero-order valence-electron chi connectivity index (χ0n) is 22.3. The number of aliphatic hydroxyl groups excluding tert-OH is 2. The molecule has 2 aliphatic rings. The summed E-state index contributed by atoms with van der Waals surface area (Å²) in [6.07, 6.45) is 1.99. The average molecular weight is 513 g/mol. The first-order valence-electron chi connectivity index (χ1n) is 12.9. The summed E-state index contributed by atoms with van der Waals surface area (Å²) in [6.45, 7) is 8.71. The Morgan fingerprint density at radius 3 is 2.44 bits per heavy atom. The molecule has 206 valence electrons. The molecule has 9 heteroatoms. The minimum atomic E-state index is -1.44. The number of rotatable bonds is 4. The second-order valence-electron chi connectivity index (χ2n) is 10.4. The number of ketones is 1. The van der Waals surface area contributed by atoms with Crippen LogP contribution < -0.4 is 0 Å². The molecule has 9 nitrogen and oxygen atoms in total. The number of hydrogen-bond acceptors (Lipinski definition) is 9. The molecule has 0 amide bonds. The lowest BCUT2D eigenvalue weighted by molar-refractivity contribution is -0.299. The number of esters is 1. The molecule has 2 aliphatic heterocycles. The van der Waals surface area contributed by atoms with Crippen molar-refractivity contribution in [2.45, 2.75) is 115 Å². The molecule has 0 saturated carbocycles. The average Bonchev–Trinajstić information content (AvgIpc) is 2.79. The van der Waals surface area contributed by atoms with Crippen LogP contribution in [0.2, 0.25) is 0 Å². The number of cyclic esters (lactones) is 1. The van der Waals surface area contributed by atoms with Crippen molar-refractivity contribution in [3.63, 3.8) is 0 Å². The SMILES string of the molecule is CC[C@H]1C[C@@H](C)C(=O)/C=C/C=C/C[C@@H](C)OC(=O)C[C@@H](O)[C@H](OC)[C@H]1O[C@H]1C[C@@](C)(O)[C@@H](O)[C@H](C)O1. The van der Waals surface area contributed by atoms with Gasteiger partial charge in [0.2, 0.25) is 0 Å². The summed E-state index contributed by atoms with van der Waals surface area (Å²) in [7, 11) is 1.43. The molecule has 36 heavy (non-hydrogen) atoms. The molecule has 0 aliphatic carbocycles. The largest absolute Gasteiger partial charge is 0.462 e. The van der Waals surface area contributed by atoms with Crippen LogP contribution in [0.5, 0.6) is 0 Å². The van der Waals surface area contributed by atoms with Crippen LogP contribution in [0.4, 0.5) is 0 Å². The highest BCUT2D eigenvalue weighted by Crippen LogP contribution is 2.34. The van der Waals surface area contributed by atoms with Crippen molar-refractivity contribution >= 4 is 11.8 Å². The van der Waals surface area contributed by atoms with E-state index in [0.29, 0.717) is 19.3 Å². The van der Waals surface area contributed by atoms with E-state index in [1.807, 2.05) is 19.9 Å². The van der Waals surface area contributed by atoms with Gasteiger partial charge in [0.15, 0.2) is 12.1 Å². The quantitative estimate of drug-likeness (QED) is 0.486. The lowest BCUT2D eigenvalue weighted by Gasteiger charge is -2.45. The summed E-state index contributed by atoms with van der Waals surface area (Å²) >= 11 is 0. The van der Waals surface area contributed by atoms with Gasteiger partial charge in [0.05, 0.1) is 30.3 Å². The number of allylic oxidation sites excluding steroid dienone is 3. The third-order valence-corrected chi connectivity index (χ3v) is 7.13. The maximum Gasteiger partial charge on any atom is 0.308 e. The first-order valence-corrected chi connectivity index (χ1v) is 12.9. The molecule has 0 aromatic carbocycles. The van der Waals surface area contributed by atoms with Gasteiger partial charge in [0.1, 0.15) is 18.3 Å². The van der Waals surface area contributed by atoms with Crippen molar-refractivity contribution in [2.75, 3.05) is 7.11 Å². The van der Waals surface area contributed by atoms with Crippen molar-refractivity contribution in [2.24, 2.45) is 11.8 Å². The van der Waals surface area contributed by atoms with Crippen LogP contribution in [0.25, 0.3) is 0 Å². The Morgan fingerprint density at radius 2 is 1.83 bits per heavy atom. The van der Waals surface area contributed by atoms with E-state index in [1.54, 1.807) is 26.0 Å². The van der Waals surface area contributed by atoms with Crippen LogP contribution in [0.15, 0.2) is 24.3 Å². The van der Waals surface area contributed by atoms with Crippen molar-refractivity contribution in [1.82, 2.24) is 0 Å². The monoisotopic (exact) mass is 512 g/mol. The van der Waals surface area contributed by atoms with E-state index in [-0.39, 0.29) is 30.5 Å². The topological polar surface area (TPSA) is 132 Å². The normalized spacial score (nSPS) is 43.5. The maximum atomic E-state index is 12.8. The van der Waals surface area contributed by atoms with Crippen LogP contribution in [0.1, 0.15) is 66.7 Å². The number of carbonyl (C=O) groups is 2. The summed E-state index contributed by atoms with van der Waals surface area (Å²) < 4.78 is 23.3. The Bertz CT molecular complexity index is 777. The molecule has 0 aromatic rings. The zero-order valence-corrected chi connectivity index (χ0v) is 22.3. The number of methoxy groups -OCH3 is 1. The molecule has 0 radical (unpaired) electrons. The van der Waals surface area contributed by atoms with Crippen LogP contribution in [0.3, 0.4) is 0 Å². The Hall–Kier alpha value is -1.62. The molecule has 1 fully saturated rings. The number of carbonyl (C=O) groups excluding carboxylic acids is 2. The zero-order chi connectivity index (χ0) is 27.0. The number of aliphatic hydroxyl groups is 3. The van der Waals surface area contributed by atoms with Crippen molar-refractivity contribution < 1.29 is 43.9 Å². The van der Waals surface area contributed by atoms with Crippen LogP contribution in [-0.2, 0) is 28.5 Å². The molecule has 0 spiro atoms. The fourth-order valence-corrected chi connectivity index (χ4v) is 4.92. The van der Waals surface area contributed by atoms with Gasteiger partial charge in [-0.05, 0) is 39.2 Å². The van der Waals surface area contributed by atoms with E-state index < -0.39 is 54.5 Å². The van der Waals surface area contributed by atoms with E-state index in [0.717, 1.165) is 0 Å². The fourth-order valence-electron chi connectivity index (χ4n) is 4.92. The summed E-state index contributed by atoms with van der Waals surface area (Å²) in [5.74, 6) is -1.16. The van der Waals surface area contributed by atoms with Gasteiger partial charge in [0.25, 0.3) is 0 Å². The van der Waals surface area contributed by atoms with Crippen LogP contribution in [0, 0.1) is 11.8 Å². The second kappa shape index (κ2) is 13.8. The van der Waals surface area contributed by atoms with Crippen molar-refractivity contribution in [3.8, 4) is 0 Å². The Morgan fingerprint density at radius 1 is 1.14 bits per heavy atom. The third kappa shape index (κ3) is 8.46. The predicted molar refractivity (Wildman–Crippen MR) is 133 cm³/mol. The summed E-state index contributed by atoms with van der Waals surface area (Å²) in [6, 6.07) is 0. The highest BCUT2D eigenvalue weighted by Gasteiger charge is 2.46. The van der Waals surface area contributed by atoms with Crippen molar-refractivity contribution in [3.05, 3.63) is 24.3 Å². The first-order chi connectivity index (χ1) is 16.9. The fraction of sp³-hybridized carbons (Fsp3) is 0.778. The van der Waals surface area contributed by atoms with Gasteiger partial charge in [-0.3, -0.25) is 9.59 Å². The summed E-state index contributed by atoms with van der Waals surface area (Å²) in [5.41, 5.74) is -1.44. The van der Waals surface area contributed by atoms with Gasteiger partial charge in [-0.15, -0.1) is 0 Å². The molecule has 0 bridgehead atoms. The summed E-state index contributed by atoms with van der Waals surface area (Å²) in [5, 5.41) is 32.0. The molecule has 0 unspecified atom stereocenters. The molecule has 1 saturated heterocycles. The minimum absolute atomic E-state index is 0.00107. The van der Waals surface area contributed by atoms with Gasteiger partial charge in [-0.2, -0.15) is 0 Å². The standard InChI is InChI=1S/C27H44O9/c1-7-19-13-16(2)20(28)12-10-8-9-11-17(3)34-22(30)14-21(29)25(33-6)24(19)36-23-15-27(5,32)26(31)18(4)35-23/h8-10,12,16-19,21,23-26,29,31-32H,7,11,13-15H2,1-6H3/b9-8+,12-10+/t16-,17-,18+,19+,21-,23+,24+,25+,26+,27-/m1/s1. The molecule has 2 rings (SSSR count). The molecule has 2 heterocycles. The third-order valence-electron chi connectivity index (χ3n) is 7.13. The lowest BCUT2D eigenvalue weighted by atomic mass is 9.83. The van der Waals surface area contributed by atoms with Crippen LogP contribution in [-0.4, -0.2) is 82.7 Å². The highest BCUT2D eigenvalue weighted by atomic mass is 16.7. The maximum absolute atomic E-state index is 12.8. The van der Waals surface area contributed by atoms with Crippen molar-refractivity contribution in [1.29, 1.82) is 0 Å². The van der Waals surface area contributed by atoms with E-state index >= 15 is 0 Å². The van der Waals surface area contributed by atoms with Gasteiger partial charge >= 0.3 is 5.97 Å². The van der Waals surface area contributed by atoms with Gasteiger partial charge in [0, 0.05) is 25.9 Å². The molecular formula is C27H44O9. The first kappa shape index (κ1) is 30.6. The Labute approximate surface area is 214 Å². The lowest BCUT2D eigenvalue weighted by Crippen LogP contribution is -2.57. The molecular weight excluding hydrogens is 468 g/mol. The minimum Gasteiger partial charge on any atom is -0.462 e. The molecule has 3 N–H and O–H groups in total. The Balaban J connectivity index is 2.39. The molecule has 0 aromatic heterocycles. The van der Waals surface area contributed by atoms with Crippen LogP contribution >= 0.6 is 0 Å². The molecule has 10 atom stereocenters. The second-order valence-corrected chi connectivity index (χ2v) is 10.4. The summed E-state index contributed by atoms with van der Waals surface area (Å²) in [4.78, 5) is 25.3. The predicted octanol–water partition coefficient (Wildman–Crippen LogP) is 2.45.